The van der Waals surface area contributed by atoms with Gasteiger partial charge < -0.3 is 14.7 Å². The lowest BCUT2D eigenvalue weighted by molar-refractivity contribution is 0.0969. The molecule has 96 valence electrons. The fraction of sp³-hybridized carbons (Fsp3) is 0.357. The van der Waals surface area contributed by atoms with Gasteiger partial charge in [0.2, 0.25) is 0 Å². The highest BCUT2D eigenvalue weighted by atomic mass is 16.6. The van der Waals surface area contributed by atoms with Crippen LogP contribution in [0, 0.1) is 5.92 Å². The van der Waals surface area contributed by atoms with Gasteiger partial charge in [0.1, 0.15) is 6.61 Å². The van der Waals surface area contributed by atoms with E-state index in [4.69, 9.17) is 4.74 Å². The van der Waals surface area contributed by atoms with E-state index in [0.29, 0.717) is 13.1 Å². The van der Waals surface area contributed by atoms with Gasteiger partial charge in [0.05, 0.1) is 12.6 Å². The number of benzene rings is 1. The van der Waals surface area contributed by atoms with E-state index in [1.54, 1.807) is 6.08 Å². The standard InChI is InChI=1S/C14H17NO3/c1-2-12-8-15(9-13(12)16)14(17)18-10-11-6-4-3-5-7-11/h2-7,12-13,16H,1,8-10H2/t12?,13-/m0/s1. The zero-order chi connectivity index (χ0) is 13.0. The monoisotopic (exact) mass is 247 g/mol. The van der Waals surface area contributed by atoms with Crippen molar-refractivity contribution in [2.24, 2.45) is 5.92 Å². The van der Waals surface area contributed by atoms with Gasteiger partial charge in [-0.05, 0) is 5.56 Å². The zero-order valence-electron chi connectivity index (χ0n) is 10.2. The quantitative estimate of drug-likeness (QED) is 0.829. The van der Waals surface area contributed by atoms with Gasteiger partial charge >= 0.3 is 6.09 Å². The second-order valence-corrected chi connectivity index (χ2v) is 4.41. The molecule has 0 saturated carbocycles. The Morgan fingerprint density at radius 1 is 1.44 bits per heavy atom. The van der Waals surface area contributed by atoms with Crippen molar-refractivity contribution < 1.29 is 14.6 Å². The second-order valence-electron chi connectivity index (χ2n) is 4.41. The summed E-state index contributed by atoms with van der Waals surface area (Å²) in [7, 11) is 0. The first-order valence-corrected chi connectivity index (χ1v) is 5.97. The van der Waals surface area contributed by atoms with Crippen molar-refractivity contribution in [1.82, 2.24) is 4.90 Å². The number of carbonyl (C=O) groups is 1. The summed E-state index contributed by atoms with van der Waals surface area (Å²) < 4.78 is 5.19. The van der Waals surface area contributed by atoms with Gasteiger partial charge in [-0.3, -0.25) is 0 Å². The summed E-state index contributed by atoms with van der Waals surface area (Å²) in [6.07, 6.45) is 0.754. The number of likely N-dealkylation sites (tertiary alicyclic amines) is 1. The normalized spacial score (nSPS) is 22.8. The molecule has 1 heterocycles. The molecule has 1 amide bonds. The minimum Gasteiger partial charge on any atom is -0.445 e. The van der Waals surface area contributed by atoms with Gasteiger partial charge in [-0.25, -0.2) is 4.79 Å². The van der Waals surface area contributed by atoms with E-state index >= 15 is 0 Å². The van der Waals surface area contributed by atoms with Crippen LogP contribution in [0.3, 0.4) is 0 Å². The molecule has 2 rings (SSSR count). The molecule has 4 nitrogen and oxygen atoms in total. The molecule has 0 spiro atoms. The minimum absolute atomic E-state index is 0.0609. The van der Waals surface area contributed by atoms with Gasteiger partial charge in [-0.15, -0.1) is 6.58 Å². The van der Waals surface area contributed by atoms with Crippen molar-refractivity contribution in [1.29, 1.82) is 0 Å². The Hall–Kier alpha value is -1.81. The summed E-state index contributed by atoms with van der Waals surface area (Å²) >= 11 is 0. The maximum atomic E-state index is 11.8. The number of β-amino-alcohol motifs (C(OH)–C–C–N with tert-alkyl or cyclic N) is 1. The number of nitrogens with zero attached hydrogens (tertiary/aromatic N) is 1. The molecule has 2 atom stereocenters. The molecule has 1 unspecified atom stereocenters. The second kappa shape index (κ2) is 5.69. The Balaban J connectivity index is 1.84. The minimum atomic E-state index is -0.535. The molecule has 1 aromatic rings. The third kappa shape index (κ3) is 2.90. The van der Waals surface area contributed by atoms with E-state index in [0.717, 1.165) is 5.56 Å². The molecule has 0 bridgehead atoms. The molecular weight excluding hydrogens is 230 g/mol. The van der Waals surface area contributed by atoms with Crippen LogP contribution in [0.25, 0.3) is 0 Å². The van der Waals surface area contributed by atoms with E-state index in [-0.39, 0.29) is 18.6 Å². The zero-order valence-corrected chi connectivity index (χ0v) is 10.2. The summed E-state index contributed by atoms with van der Waals surface area (Å²) in [5.74, 6) is -0.0609. The number of carbonyl (C=O) groups excluding carboxylic acids is 1. The highest BCUT2D eigenvalue weighted by Gasteiger charge is 2.32. The number of aliphatic hydroxyl groups excluding tert-OH is 1. The Labute approximate surface area is 106 Å². The predicted octanol–water partition coefficient (Wildman–Crippen LogP) is 1.80. The first-order valence-electron chi connectivity index (χ1n) is 5.97. The first-order chi connectivity index (χ1) is 8.70. The number of ether oxygens (including phenoxy) is 1. The summed E-state index contributed by atoms with van der Waals surface area (Å²) in [6, 6.07) is 9.52. The van der Waals surface area contributed by atoms with Crippen molar-refractivity contribution in [2.75, 3.05) is 13.1 Å². The van der Waals surface area contributed by atoms with Crippen LogP contribution >= 0.6 is 0 Å². The predicted molar refractivity (Wildman–Crippen MR) is 67.9 cm³/mol. The average Bonchev–Trinajstić information content (AvgIpc) is 2.78. The average molecular weight is 247 g/mol. The van der Waals surface area contributed by atoms with Crippen molar-refractivity contribution in [3.8, 4) is 0 Å². The smallest absolute Gasteiger partial charge is 0.410 e. The molecule has 4 heteroatoms. The fourth-order valence-corrected chi connectivity index (χ4v) is 2.00. The molecule has 0 radical (unpaired) electrons. The van der Waals surface area contributed by atoms with Gasteiger partial charge in [0.15, 0.2) is 0 Å². The Morgan fingerprint density at radius 2 is 2.17 bits per heavy atom. The molecule has 1 saturated heterocycles. The maximum Gasteiger partial charge on any atom is 0.410 e. The summed E-state index contributed by atoms with van der Waals surface area (Å²) in [5.41, 5.74) is 0.950. The SMILES string of the molecule is C=CC1CN(C(=O)OCc2ccccc2)C[C@@H]1O. The van der Waals surface area contributed by atoms with Crippen LogP contribution in [0.4, 0.5) is 4.79 Å². The number of hydrogen-bond donors (Lipinski definition) is 1. The van der Waals surface area contributed by atoms with E-state index in [2.05, 4.69) is 6.58 Å². The summed E-state index contributed by atoms with van der Waals surface area (Å²) in [4.78, 5) is 13.3. The molecule has 1 fully saturated rings. The van der Waals surface area contributed by atoms with Crippen molar-refractivity contribution in [3.63, 3.8) is 0 Å². The Morgan fingerprint density at radius 3 is 2.78 bits per heavy atom. The topological polar surface area (TPSA) is 49.8 Å². The van der Waals surface area contributed by atoms with Crippen molar-refractivity contribution in [3.05, 3.63) is 48.6 Å². The van der Waals surface area contributed by atoms with E-state index in [1.165, 1.54) is 4.90 Å². The number of rotatable bonds is 3. The molecule has 1 aliphatic rings. The number of amides is 1. The lowest BCUT2D eigenvalue weighted by Gasteiger charge is -2.15. The highest BCUT2D eigenvalue weighted by molar-refractivity contribution is 5.68. The van der Waals surface area contributed by atoms with Crippen LogP contribution in [-0.2, 0) is 11.3 Å². The van der Waals surface area contributed by atoms with Gasteiger partial charge in [0, 0.05) is 12.5 Å². The molecular formula is C14H17NO3. The third-order valence-corrected chi connectivity index (χ3v) is 3.10. The largest absolute Gasteiger partial charge is 0.445 e. The summed E-state index contributed by atoms with van der Waals surface area (Å²) in [5, 5.41) is 9.67. The number of hydrogen-bond acceptors (Lipinski definition) is 3. The molecule has 1 aliphatic heterocycles. The van der Waals surface area contributed by atoms with Crippen LogP contribution in [0.2, 0.25) is 0 Å². The van der Waals surface area contributed by atoms with Crippen LogP contribution in [0.5, 0.6) is 0 Å². The third-order valence-electron chi connectivity index (χ3n) is 3.10. The fourth-order valence-electron chi connectivity index (χ4n) is 2.00. The molecule has 0 aliphatic carbocycles. The van der Waals surface area contributed by atoms with Crippen LogP contribution < -0.4 is 0 Å². The maximum absolute atomic E-state index is 11.8. The van der Waals surface area contributed by atoms with Crippen LogP contribution in [0.1, 0.15) is 5.56 Å². The van der Waals surface area contributed by atoms with Gasteiger partial charge in [-0.1, -0.05) is 36.4 Å². The lowest BCUT2D eigenvalue weighted by atomic mass is 10.1. The Kier molecular flexibility index (Phi) is 3.99. The molecule has 0 aromatic heterocycles. The highest BCUT2D eigenvalue weighted by Crippen LogP contribution is 2.18. The van der Waals surface area contributed by atoms with E-state index in [9.17, 15) is 9.90 Å². The van der Waals surface area contributed by atoms with Crippen LogP contribution in [-0.4, -0.2) is 35.3 Å². The van der Waals surface area contributed by atoms with Crippen LogP contribution in [0.15, 0.2) is 43.0 Å². The molecule has 18 heavy (non-hydrogen) atoms. The first kappa shape index (κ1) is 12.6. The molecule has 1 aromatic carbocycles. The van der Waals surface area contributed by atoms with E-state index < -0.39 is 6.10 Å². The number of aliphatic hydroxyl groups is 1. The Bertz CT molecular complexity index is 418. The molecule has 1 N–H and O–H groups in total. The van der Waals surface area contributed by atoms with Gasteiger partial charge in [0.25, 0.3) is 0 Å². The van der Waals surface area contributed by atoms with E-state index in [1.807, 2.05) is 30.3 Å². The lowest BCUT2D eigenvalue weighted by Crippen LogP contribution is -2.30. The summed E-state index contributed by atoms with van der Waals surface area (Å²) in [6.45, 7) is 4.68. The van der Waals surface area contributed by atoms with Crippen molar-refractivity contribution in [2.45, 2.75) is 12.7 Å². The van der Waals surface area contributed by atoms with Gasteiger partial charge in [-0.2, -0.15) is 0 Å². The van der Waals surface area contributed by atoms with Crippen molar-refractivity contribution >= 4 is 6.09 Å².